The maximum atomic E-state index is 11.7. The zero-order chi connectivity index (χ0) is 16.0. The van der Waals surface area contributed by atoms with E-state index in [1.807, 2.05) is 0 Å². The lowest BCUT2D eigenvalue weighted by atomic mass is 10.3. The van der Waals surface area contributed by atoms with Gasteiger partial charge in [0.2, 0.25) is 0 Å². The number of nitrogens with zero attached hydrogens (tertiary/aromatic N) is 1. The van der Waals surface area contributed by atoms with E-state index in [1.54, 1.807) is 13.8 Å². The lowest BCUT2D eigenvalue weighted by Crippen LogP contribution is -2.43. The van der Waals surface area contributed by atoms with Crippen molar-refractivity contribution in [3.8, 4) is 0 Å². The van der Waals surface area contributed by atoms with Gasteiger partial charge in [0.05, 0.1) is 13.7 Å². The van der Waals surface area contributed by atoms with E-state index >= 15 is 0 Å². The molecule has 0 aromatic carbocycles. The Labute approximate surface area is 132 Å². The van der Waals surface area contributed by atoms with E-state index in [1.165, 1.54) is 7.11 Å². The van der Waals surface area contributed by atoms with E-state index in [4.69, 9.17) is 21.7 Å². The minimum Gasteiger partial charge on any atom is -0.467 e. The molecule has 1 aliphatic rings. The van der Waals surface area contributed by atoms with E-state index in [0.29, 0.717) is 6.42 Å². The molecule has 0 aliphatic carbocycles. The molecule has 1 fully saturated rings. The first kappa shape index (κ1) is 17.7. The highest BCUT2D eigenvalue weighted by molar-refractivity contribution is 8.23. The van der Waals surface area contributed by atoms with Crippen molar-refractivity contribution in [1.29, 1.82) is 0 Å². The van der Waals surface area contributed by atoms with Crippen molar-refractivity contribution in [2.45, 2.75) is 31.6 Å². The molecule has 2 unspecified atom stereocenters. The Morgan fingerprint density at radius 2 is 2.19 bits per heavy atom. The van der Waals surface area contributed by atoms with Crippen LogP contribution in [0.5, 0.6) is 0 Å². The molecule has 0 spiro atoms. The summed E-state index contributed by atoms with van der Waals surface area (Å²) in [7, 11) is 1.22. The van der Waals surface area contributed by atoms with Crippen molar-refractivity contribution < 1.29 is 28.6 Å². The summed E-state index contributed by atoms with van der Waals surface area (Å²) in [6.07, 6.45) is -0.239. The van der Waals surface area contributed by atoms with Gasteiger partial charge in [0.1, 0.15) is 16.2 Å². The molecule has 0 radical (unpaired) electrons. The molecule has 1 rings (SSSR count). The molecule has 0 bridgehead atoms. The molecule has 2 atom stereocenters. The number of ether oxygens (including phenoxy) is 3. The number of thioether (sulfide) groups is 1. The highest BCUT2D eigenvalue weighted by Crippen LogP contribution is 2.25. The Balaban J connectivity index is 2.78. The van der Waals surface area contributed by atoms with Crippen molar-refractivity contribution in [3.63, 3.8) is 0 Å². The molecular weight excluding hydrogens is 318 g/mol. The van der Waals surface area contributed by atoms with Gasteiger partial charge in [0.15, 0.2) is 6.04 Å². The Bertz CT molecular complexity index is 441. The molecule has 1 aliphatic heterocycles. The van der Waals surface area contributed by atoms with Gasteiger partial charge in [-0.1, -0.05) is 30.9 Å². The molecule has 0 aromatic heterocycles. The maximum Gasteiger partial charge on any atom is 0.416 e. The number of cyclic esters (lactones) is 1. The largest absolute Gasteiger partial charge is 0.467 e. The second kappa shape index (κ2) is 8.18. The summed E-state index contributed by atoms with van der Waals surface area (Å²) in [5.74, 6) is -1.03. The van der Waals surface area contributed by atoms with E-state index in [2.05, 4.69) is 4.74 Å². The van der Waals surface area contributed by atoms with Crippen LogP contribution < -0.4 is 0 Å². The fraction of sp³-hybridized carbons (Fsp3) is 0.667. The summed E-state index contributed by atoms with van der Waals surface area (Å²) < 4.78 is 14.4. The summed E-state index contributed by atoms with van der Waals surface area (Å²) in [5, 5.41) is -0.538. The summed E-state index contributed by atoms with van der Waals surface area (Å²) in [5.41, 5.74) is 0. The van der Waals surface area contributed by atoms with Crippen molar-refractivity contribution in [2.75, 3.05) is 20.3 Å². The van der Waals surface area contributed by atoms with Crippen LogP contribution in [-0.2, 0) is 23.8 Å². The van der Waals surface area contributed by atoms with Crippen LogP contribution in [0.4, 0.5) is 4.79 Å². The molecule has 118 valence electrons. The van der Waals surface area contributed by atoms with Crippen LogP contribution in [0.25, 0.3) is 0 Å². The van der Waals surface area contributed by atoms with Gasteiger partial charge in [-0.25, -0.2) is 14.5 Å². The Kier molecular flexibility index (Phi) is 6.90. The van der Waals surface area contributed by atoms with E-state index in [-0.39, 0.29) is 17.5 Å². The second-order valence-electron chi connectivity index (χ2n) is 4.02. The van der Waals surface area contributed by atoms with E-state index in [0.717, 1.165) is 16.7 Å². The summed E-state index contributed by atoms with van der Waals surface area (Å²) >= 11 is 6.15. The van der Waals surface area contributed by atoms with Gasteiger partial charge in [-0.3, -0.25) is 4.79 Å². The first-order valence-electron chi connectivity index (χ1n) is 6.37. The molecular formula is C12H17NO6S2. The number of carbonyl (C=O) groups is 3. The molecule has 9 heteroatoms. The van der Waals surface area contributed by atoms with Crippen LogP contribution in [0.15, 0.2) is 0 Å². The number of methoxy groups -OCH3 is 1. The third-order valence-corrected chi connectivity index (χ3v) is 4.40. The average molecular weight is 335 g/mol. The van der Waals surface area contributed by atoms with Crippen LogP contribution >= 0.6 is 24.0 Å². The van der Waals surface area contributed by atoms with Gasteiger partial charge in [-0.05, 0) is 13.3 Å². The van der Waals surface area contributed by atoms with Crippen LogP contribution in [0.1, 0.15) is 20.3 Å². The Morgan fingerprint density at radius 1 is 1.52 bits per heavy atom. The highest BCUT2D eigenvalue weighted by atomic mass is 32.2. The van der Waals surface area contributed by atoms with Gasteiger partial charge in [0.25, 0.3) is 0 Å². The normalized spacial score (nSPS) is 18.9. The van der Waals surface area contributed by atoms with Crippen LogP contribution in [-0.4, -0.2) is 58.9 Å². The smallest absolute Gasteiger partial charge is 0.416 e. The minimum atomic E-state index is -0.915. The number of rotatable bonds is 5. The van der Waals surface area contributed by atoms with Gasteiger partial charge in [-0.2, -0.15) is 0 Å². The first-order chi connectivity index (χ1) is 9.96. The summed E-state index contributed by atoms with van der Waals surface area (Å²) in [6, 6.07) is -0.915. The van der Waals surface area contributed by atoms with Gasteiger partial charge >= 0.3 is 18.0 Å². The highest BCUT2D eigenvalue weighted by Gasteiger charge is 2.42. The second-order valence-corrected chi connectivity index (χ2v) is 5.86. The van der Waals surface area contributed by atoms with Gasteiger partial charge < -0.3 is 14.2 Å². The molecule has 0 N–H and O–H groups in total. The number of amides is 1. The molecule has 1 heterocycles. The van der Waals surface area contributed by atoms with Crippen molar-refractivity contribution in [3.05, 3.63) is 0 Å². The quantitative estimate of drug-likeness (QED) is 0.423. The molecule has 0 saturated carbocycles. The zero-order valence-electron chi connectivity index (χ0n) is 12.0. The topological polar surface area (TPSA) is 82.1 Å². The molecule has 21 heavy (non-hydrogen) atoms. The van der Waals surface area contributed by atoms with Crippen LogP contribution in [0.2, 0.25) is 0 Å². The fourth-order valence-electron chi connectivity index (χ4n) is 1.64. The summed E-state index contributed by atoms with van der Waals surface area (Å²) in [6.45, 7) is 3.65. The molecule has 7 nitrogen and oxygen atoms in total. The number of thiocarbonyl (C=S) groups is 1. The van der Waals surface area contributed by atoms with Crippen molar-refractivity contribution in [1.82, 2.24) is 4.90 Å². The molecule has 1 saturated heterocycles. The van der Waals surface area contributed by atoms with Gasteiger partial charge in [-0.15, -0.1) is 0 Å². The zero-order valence-corrected chi connectivity index (χ0v) is 13.6. The average Bonchev–Trinajstić information content (AvgIpc) is 2.85. The number of esters is 2. The van der Waals surface area contributed by atoms with E-state index in [9.17, 15) is 14.4 Å². The third kappa shape index (κ3) is 4.31. The van der Waals surface area contributed by atoms with E-state index < -0.39 is 29.3 Å². The first-order valence-corrected chi connectivity index (χ1v) is 7.66. The lowest BCUT2D eigenvalue weighted by Gasteiger charge is -2.21. The predicted molar refractivity (Wildman–Crippen MR) is 79.9 cm³/mol. The van der Waals surface area contributed by atoms with Crippen LogP contribution in [0.3, 0.4) is 0 Å². The summed E-state index contributed by atoms with van der Waals surface area (Å²) in [4.78, 5) is 36.1. The van der Waals surface area contributed by atoms with Crippen molar-refractivity contribution in [2.24, 2.45) is 0 Å². The molecule has 1 amide bonds. The SMILES string of the molecule is CCOC(=O)C(CC)SC(=S)N1C(=O)OCC1C(=O)OC. The number of hydrogen-bond donors (Lipinski definition) is 0. The van der Waals surface area contributed by atoms with Crippen molar-refractivity contribution >= 4 is 46.3 Å². The molecule has 0 aromatic rings. The fourth-order valence-corrected chi connectivity index (χ4v) is 3.08. The third-order valence-electron chi connectivity index (χ3n) is 2.71. The Hall–Kier alpha value is -1.35. The standard InChI is InChI=1S/C12H17NO6S2/c1-4-8(10(15)18-5-2)21-12(20)13-7(9(14)17-3)6-19-11(13)16/h7-8H,4-6H2,1-3H3. The monoisotopic (exact) mass is 335 g/mol. The van der Waals surface area contributed by atoms with Crippen LogP contribution in [0, 0.1) is 0 Å². The lowest BCUT2D eigenvalue weighted by molar-refractivity contribution is -0.144. The maximum absolute atomic E-state index is 11.7. The number of hydrogen-bond acceptors (Lipinski definition) is 8. The van der Waals surface area contributed by atoms with Gasteiger partial charge in [0, 0.05) is 0 Å². The predicted octanol–water partition coefficient (Wildman–Crippen LogP) is 1.34. The number of carbonyl (C=O) groups excluding carboxylic acids is 3. The minimum absolute atomic E-state index is 0.0906. The Morgan fingerprint density at radius 3 is 2.71 bits per heavy atom.